The molecule has 140 valence electrons. The maximum absolute atomic E-state index is 12.7. The Balaban J connectivity index is 2.21. The first kappa shape index (κ1) is 20.1. The van der Waals surface area contributed by atoms with Crippen LogP contribution in [0, 0.1) is 13.8 Å². The van der Waals surface area contributed by atoms with Crippen LogP contribution in [0.2, 0.25) is 0 Å². The molecule has 2 rings (SSSR count). The van der Waals surface area contributed by atoms with Crippen LogP contribution in [0.25, 0.3) is 0 Å². The van der Waals surface area contributed by atoms with Crippen molar-refractivity contribution in [2.24, 2.45) is 0 Å². The van der Waals surface area contributed by atoms with Gasteiger partial charge in [-0.05, 0) is 37.1 Å². The molecule has 0 spiro atoms. The van der Waals surface area contributed by atoms with Crippen LogP contribution in [0.1, 0.15) is 25.0 Å². The molecular formula is C19H26N3O3S+. The van der Waals surface area contributed by atoms with E-state index in [-0.39, 0.29) is 17.3 Å². The van der Waals surface area contributed by atoms with Gasteiger partial charge in [-0.2, -0.15) is 8.87 Å². The van der Waals surface area contributed by atoms with Gasteiger partial charge in [-0.1, -0.05) is 19.9 Å². The highest BCUT2D eigenvalue weighted by Gasteiger charge is 2.22. The molecule has 7 heteroatoms. The van der Waals surface area contributed by atoms with E-state index in [0.717, 1.165) is 11.1 Å². The maximum atomic E-state index is 12.7. The number of amides is 1. The average Bonchev–Trinajstić information content (AvgIpc) is 2.59. The van der Waals surface area contributed by atoms with E-state index in [2.05, 4.69) is 5.32 Å². The number of carbonyl (C=O) groups is 1. The number of pyridine rings is 1. The number of hydrogen-bond donors (Lipinski definition) is 1. The fraction of sp³-hybridized carbons (Fsp3) is 0.368. The molecule has 0 fully saturated rings. The standard InChI is InChI=1S/C19H25N3O3S/c1-5-22(6-2)26(24,25)17-8-7-16(4)18(13-17)20-19(23)14-21-11-9-15(3)10-12-21/h7-13H,5-6,14H2,1-4H3/p+1. The van der Waals surface area contributed by atoms with Crippen LogP contribution in [-0.2, 0) is 21.4 Å². The lowest BCUT2D eigenvalue weighted by Crippen LogP contribution is -2.39. The molecule has 0 aliphatic rings. The predicted molar refractivity (Wildman–Crippen MR) is 101 cm³/mol. The summed E-state index contributed by atoms with van der Waals surface area (Å²) in [4.78, 5) is 12.5. The number of nitrogens with zero attached hydrogens (tertiary/aromatic N) is 2. The van der Waals surface area contributed by atoms with Gasteiger partial charge in [0.1, 0.15) is 0 Å². The molecule has 0 saturated carbocycles. The van der Waals surface area contributed by atoms with Gasteiger partial charge in [0.05, 0.1) is 4.90 Å². The van der Waals surface area contributed by atoms with Gasteiger partial charge in [0.15, 0.2) is 12.4 Å². The van der Waals surface area contributed by atoms with Crippen molar-refractivity contribution in [2.45, 2.75) is 39.1 Å². The molecule has 0 aliphatic carbocycles. The summed E-state index contributed by atoms with van der Waals surface area (Å²) in [6.45, 7) is 8.38. The van der Waals surface area contributed by atoms with Gasteiger partial charge >= 0.3 is 0 Å². The number of anilines is 1. The summed E-state index contributed by atoms with van der Waals surface area (Å²) in [6.07, 6.45) is 3.67. The molecule has 0 unspecified atom stereocenters. The first-order chi connectivity index (χ1) is 12.3. The van der Waals surface area contributed by atoms with Gasteiger partial charge in [0.25, 0.3) is 5.91 Å². The van der Waals surface area contributed by atoms with Crippen molar-refractivity contribution in [3.05, 3.63) is 53.9 Å². The maximum Gasteiger partial charge on any atom is 0.290 e. The lowest BCUT2D eigenvalue weighted by atomic mass is 10.2. The molecule has 26 heavy (non-hydrogen) atoms. The van der Waals surface area contributed by atoms with Crippen molar-refractivity contribution in [1.29, 1.82) is 0 Å². The minimum absolute atomic E-state index is 0.159. The van der Waals surface area contributed by atoms with Crippen molar-refractivity contribution in [2.75, 3.05) is 18.4 Å². The summed E-state index contributed by atoms with van der Waals surface area (Å²) in [5.74, 6) is -0.209. The van der Waals surface area contributed by atoms with Crippen molar-refractivity contribution >= 4 is 21.6 Å². The van der Waals surface area contributed by atoms with E-state index in [1.807, 2.05) is 38.4 Å². The number of aromatic nitrogens is 1. The van der Waals surface area contributed by atoms with Crippen molar-refractivity contribution in [3.8, 4) is 0 Å². The van der Waals surface area contributed by atoms with Gasteiger partial charge in [0.2, 0.25) is 16.6 Å². The van der Waals surface area contributed by atoms with E-state index < -0.39 is 10.0 Å². The monoisotopic (exact) mass is 376 g/mol. The molecule has 1 N–H and O–H groups in total. The van der Waals surface area contributed by atoms with Crippen molar-refractivity contribution < 1.29 is 17.8 Å². The molecule has 0 radical (unpaired) electrons. The third-order valence-corrected chi connectivity index (χ3v) is 6.26. The van der Waals surface area contributed by atoms with Crippen LogP contribution in [0.15, 0.2) is 47.6 Å². The average molecular weight is 377 g/mol. The number of nitrogens with one attached hydrogen (secondary N) is 1. The minimum atomic E-state index is -3.56. The number of rotatable bonds is 7. The summed E-state index contributed by atoms with van der Waals surface area (Å²) >= 11 is 0. The summed E-state index contributed by atoms with van der Waals surface area (Å²) in [6, 6.07) is 8.67. The van der Waals surface area contributed by atoms with Gasteiger partial charge in [-0.25, -0.2) is 8.42 Å². The predicted octanol–water partition coefficient (Wildman–Crippen LogP) is 2.26. The van der Waals surface area contributed by atoms with E-state index >= 15 is 0 Å². The molecule has 0 atom stereocenters. The highest BCUT2D eigenvalue weighted by molar-refractivity contribution is 7.89. The second-order valence-electron chi connectivity index (χ2n) is 6.16. The highest BCUT2D eigenvalue weighted by Crippen LogP contribution is 2.23. The molecule has 1 aromatic heterocycles. The number of hydrogen-bond acceptors (Lipinski definition) is 3. The zero-order valence-electron chi connectivity index (χ0n) is 15.7. The zero-order chi connectivity index (χ0) is 19.3. The summed E-state index contributed by atoms with van der Waals surface area (Å²) in [5, 5.41) is 2.82. The van der Waals surface area contributed by atoms with Crippen LogP contribution in [0.3, 0.4) is 0 Å². The van der Waals surface area contributed by atoms with Crippen molar-refractivity contribution in [1.82, 2.24) is 4.31 Å². The topological polar surface area (TPSA) is 70.4 Å². The Hall–Kier alpha value is -2.25. The molecule has 2 aromatic rings. The molecule has 1 heterocycles. The molecule has 6 nitrogen and oxygen atoms in total. The summed E-state index contributed by atoms with van der Waals surface area (Å²) in [5.41, 5.74) is 2.44. The molecule has 1 amide bonds. The Morgan fingerprint density at radius 1 is 1.08 bits per heavy atom. The molecule has 0 saturated heterocycles. The third kappa shape index (κ3) is 4.68. The number of carbonyl (C=O) groups excluding carboxylic acids is 1. The fourth-order valence-electron chi connectivity index (χ4n) is 2.60. The molecule has 0 aliphatic heterocycles. The second kappa shape index (κ2) is 8.42. The van der Waals surface area contributed by atoms with Crippen molar-refractivity contribution in [3.63, 3.8) is 0 Å². The fourth-order valence-corrected chi connectivity index (χ4v) is 4.09. The molecule has 1 aromatic carbocycles. The number of aryl methyl sites for hydroxylation is 2. The van der Waals surface area contributed by atoms with Crippen LogP contribution in [0.4, 0.5) is 5.69 Å². The van der Waals surface area contributed by atoms with Gasteiger partial charge in [-0.15, -0.1) is 0 Å². The van der Waals surface area contributed by atoms with Crippen LogP contribution >= 0.6 is 0 Å². The Morgan fingerprint density at radius 3 is 2.27 bits per heavy atom. The van der Waals surface area contributed by atoms with Gasteiger partial charge in [0, 0.05) is 30.9 Å². The third-order valence-electron chi connectivity index (χ3n) is 4.21. The Kier molecular flexibility index (Phi) is 6.50. The summed E-state index contributed by atoms with van der Waals surface area (Å²) < 4.78 is 28.5. The Morgan fingerprint density at radius 2 is 1.69 bits per heavy atom. The van der Waals surface area contributed by atoms with Crippen LogP contribution in [0.5, 0.6) is 0 Å². The van der Waals surface area contributed by atoms with Gasteiger partial charge in [-0.3, -0.25) is 4.79 Å². The number of benzene rings is 1. The molecule has 0 bridgehead atoms. The normalized spacial score (nSPS) is 11.6. The van der Waals surface area contributed by atoms with E-state index in [1.165, 1.54) is 10.4 Å². The van der Waals surface area contributed by atoms with E-state index in [0.29, 0.717) is 18.8 Å². The van der Waals surface area contributed by atoms with Crippen LogP contribution in [-0.4, -0.2) is 31.7 Å². The Labute approximate surface area is 155 Å². The lowest BCUT2D eigenvalue weighted by molar-refractivity contribution is -0.684. The minimum Gasteiger partial charge on any atom is -0.320 e. The van der Waals surface area contributed by atoms with E-state index in [1.54, 1.807) is 30.5 Å². The Bertz CT molecular complexity index is 873. The SMILES string of the molecule is CCN(CC)S(=O)(=O)c1ccc(C)c(NC(=O)C[n+]2ccc(C)cc2)c1. The quantitative estimate of drug-likeness (QED) is 0.754. The lowest BCUT2D eigenvalue weighted by Gasteiger charge is -2.19. The highest BCUT2D eigenvalue weighted by atomic mass is 32.2. The molecular weight excluding hydrogens is 350 g/mol. The zero-order valence-corrected chi connectivity index (χ0v) is 16.5. The smallest absolute Gasteiger partial charge is 0.290 e. The first-order valence-corrected chi connectivity index (χ1v) is 10.1. The number of sulfonamides is 1. The van der Waals surface area contributed by atoms with Gasteiger partial charge < -0.3 is 5.32 Å². The summed E-state index contributed by atoms with van der Waals surface area (Å²) in [7, 11) is -3.56. The second-order valence-corrected chi connectivity index (χ2v) is 8.10. The van der Waals surface area contributed by atoms with E-state index in [9.17, 15) is 13.2 Å². The van der Waals surface area contributed by atoms with E-state index in [4.69, 9.17) is 0 Å². The first-order valence-electron chi connectivity index (χ1n) is 8.64. The largest absolute Gasteiger partial charge is 0.320 e. The van der Waals surface area contributed by atoms with Crippen LogP contribution < -0.4 is 9.88 Å².